The van der Waals surface area contributed by atoms with E-state index in [4.69, 9.17) is 5.73 Å². The third kappa shape index (κ3) is 6.17. The van der Waals surface area contributed by atoms with Gasteiger partial charge in [-0.2, -0.15) is 0 Å². The summed E-state index contributed by atoms with van der Waals surface area (Å²) in [5.41, 5.74) is 5.45. The summed E-state index contributed by atoms with van der Waals surface area (Å²) >= 11 is 0. The lowest BCUT2D eigenvalue weighted by molar-refractivity contribution is -0.130. The summed E-state index contributed by atoms with van der Waals surface area (Å²) in [7, 11) is 0. The van der Waals surface area contributed by atoms with Crippen molar-refractivity contribution in [1.29, 1.82) is 0 Å². The third-order valence-electron chi connectivity index (χ3n) is 4.20. The minimum absolute atomic E-state index is 0. The van der Waals surface area contributed by atoms with Gasteiger partial charge in [-0.1, -0.05) is 6.42 Å². The largest absolute Gasteiger partial charge is 0.342 e. The van der Waals surface area contributed by atoms with E-state index in [1.54, 1.807) is 0 Å². The van der Waals surface area contributed by atoms with Gasteiger partial charge in [0.25, 0.3) is 0 Å². The van der Waals surface area contributed by atoms with Crippen LogP contribution in [0.1, 0.15) is 38.5 Å². The van der Waals surface area contributed by atoms with Crippen LogP contribution in [-0.2, 0) is 4.79 Å². The number of piperidine rings is 1. The number of nitrogens with zero attached hydrogens (tertiary/aromatic N) is 2. The molecule has 0 aromatic heterocycles. The summed E-state index contributed by atoms with van der Waals surface area (Å²) in [6.45, 7) is 6.27. The molecule has 1 amide bonds. The van der Waals surface area contributed by atoms with Crippen LogP contribution in [-0.4, -0.2) is 55.0 Å². The molecule has 2 N–H and O–H groups in total. The first kappa shape index (κ1) is 20.0. The molecule has 0 aromatic rings. The third-order valence-corrected chi connectivity index (χ3v) is 4.20. The molecule has 0 aromatic carbocycles. The second-order valence-corrected chi connectivity index (χ2v) is 5.75. The van der Waals surface area contributed by atoms with Gasteiger partial charge >= 0.3 is 0 Å². The molecule has 2 heterocycles. The Labute approximate surface area is 135 Å². The first-order valence-corrected chi connectivity index (χ1v) is 7.50. The van der Waals surface area contributed by atoms with Crippen LogP contribution in [0.2, 0.25) is 0 Å². The molecule has 2 saturated heterocycles. The van der Waals surface area contributed by atoms with Gasteiger partial charge in [0.05, 0.1) is 0 Å². The van der Waals surface area contributed by atoms with E-state index in [-0.39, 0.29) is 24.8 Å². The maximum Gasteiger partial charge on any atom is 0.222 e. The highest BCUT2D eigenvalue weighted by Crippen LogP contribution is 2.20. The van der Waals surface area contributed by atoms with Crippen LogP contribution in [0, 0.1) is 5.92 Å². The lowest BCUT2D eigenvalue weighted by Crippen LogP contribution is -2.36. The second kappa shape index (κ2) is 10.7. The predicted octanol–water partition coefficient (Wildman–Crippen LogP) is 1.90. The van der Waals surface area contributed by atoms with Crippen molar-refractivity contribution in [2.45, 2.75) is 38.5 Å². The molecule has 0 radical (unpaired) electrons. The molecule has 1 atom stereocenters. The number of hydrogen-bond acceptors (Lipinski definition) is 3. The Bertz CT molecular complexity index is 273. The molecular formula is C14H29Cl2N3O. The molecule has 20 heavy (non-hydrogen) atoms. The highest BCUT2D eigenvalue weighted by atomic mass is 35.5. The molecule has 0 bridgehead atoms. The second-order valence-electron chi connectivity index (χ2n) is 5.75. The van der Waals surface area contributed by atoms with E-state index in [1.807, 2.05) is 4.90 Å². The van der Waals surface area contributed by atoms with E-state index < -0.39 is 0 Å². The number of hydrogen-bond donors (Lipinski definition) is 1. The zero-order valence-electron chi connectivity index (χ0n) is 12.3. The van der Waals surface area contributed by atoms with Crippen molar-refractivity contribution < 1.29 is 4.79 Å². The van der Waals surface area contributed by atoms with Gasteiger partial charge in [0.15, 0.2) is 0 Å². The smallest absolute Gasteiger partial charge is 0.222 e. The lowest BCUT2D eigenvalue weighted by atomic mass is 10.1. The summed E-state index contributed by atoms with van der Waals surface area (Å²) in [4.78, 5) is 16.5. The van der Waals surface area contributed by atoms with Crippen molar-refractivity contribution in [2.24, 2.45) is 11.7 Å². The van der Waals surface area contributed by atoms with E-state index in [2.05, 4.69) is 4.90 Å². The van der Waals surface area contributed by atoms with Crippen molar-refractivity contribution in [2.75, 3.05) is 39.3 Å². The van der Waals surface area contributed by atoms with E-state index in [0.29, 0.717) is 24.8 Å². The highest BCUT2D eigenvalue weighted by molar-refractivity contribution is 5.85. The quantitative estimate of drug-likeness (QED) is 0.839. The Morgan fingerprint density at radius 2 is 1.80 bits per heavy atom. The summed E-state index contributed by atoms with van der Waals surface area (Å²) in [6, 6.07) is 0. The fraction of sp³-hybridized carbons (Fsp3) is 0.929. The van der Waals surface area contributed by atoms with Crippen LogP contribution in [0.4, 0.5) is 0 Å². The number of carbonyl (C=O) groups is 1. The minimum atomic E-state index is 0. The van der Waals surface area contributed by atoms with Gasteiger partial charge in [-0.05, 0) is 51.2 Å². The Morgan fingerprint density at radius 3 is 2.45 bits per heavy atom. The van der Waals surface area contributed by atoms with Crippen LogP contribution in [0.5, 0.6) is 0 Å². The Kier molecular flexibility index (Phi) is 10.6. The van der Waals surface area contributed by atoms with Crippen molar-refractivity contribution in [1.82, 2.24) is 9.80 Å². The Hall–Kier alpha value is -0.0300. The van der Waals surface area contributed by atoms with Crippen LogP contribution in [0.15, 0.2) is 0 Å². The average Bonchev–Trinajstić information content (AvgIpc) is 2.86. The summed E-state index contributed by atoms with van der Waals surface area (Å²) in [5, 5.41) is 0. The van der Waals surface area contributed by atoms with Crippen LogP contribution >= 0.6 is 24.8 Å². The standard InChI is InChI=1S/C14H27N3O.2ClH/c15-7-4-5-14(18)17-10-6-13(12-17)11-16-8-2-1-3-9-16;;/h13H,1-12,15H2;2*1H. The van der Waals surface area contributed by atoms with Gasteiger partial charge in [0, 0.05) is 26.1 Å². The van der Waals surface area contributed by atoms with Crippen molar-refractivity contribution in [3.63, 3.8) is 0 Å². The number of halogens is 2. The molecule has 6 heteroatoms. The van der Waals surface area contributed by atoms with Crippen LogP contribution in [0.3, 0.4) is 0 Å². The lowest BCUT2D eigenvalue weighted by Gasteiger charge is -2.29. The number of amides is 1. The molecule has 4 nitrogen and oxygen atoms in total. The molecule has 0 saturated carbocycles. The van der Waals surface area contributed by atoms with E-state index in [9.17, 15) is 4.79 Å². The van der Waals surface area contributed by atoms with Crippen LogP contribution < -0.4 is 5.73 Å². The topological polar surface area (TPSA) is 49.6 Å². The molecule has 2 rings (SSSR count). The van der Waals surface area contributed by atoms with Gasteiger partial charge in [0.2, 0.25) is 5.91 Å². The fourth-order valence-corrected chi connectivity index (χ4v) is 3.13. The molecule has 0 spiro atoms. The molecular weight excluding hydrogens is 297 g/mol. The van der Waals surface area contributed by atoms with E-state index in [0.717, 1.165) is 19.5 Å². The zero-order valence-corrected chi connectivity index (χ0v) is 13.9. The Morgan fingerprint density at radius 1 is 1.10 bits per heavy atom. The number of rotatable bonds is 5. The maximum atomic E-state index is 11.9. The number of nitrogens with two attached hydrogens (primary N) is 1. The van der Waals surface area contributed by atoms with Gasteiger partial charge in [-0.15, -0.1) is 24.8 Å². The van der Waals surface area contributed by atoms with Gasteiger partial charge < -0.3 is 15.5 Å². The molecule has 120 valence electrons. The minimum Gasteiger partial charge on any atom is -0.342 e. The van der Waals surface area contributed by atoms with Gasteiger partial charge in [-0.25, -0.2) is 0 Å². The Balaban J connectivity index is 0.00000180. The zero-order chi connectivity index (χ0) is 12.8. The summed E-state index contributed by atoms with van der Waals surface area (Å²) < 4.78 is 0. The predicted molar refractivity (Wildman–Crippen MR) is 87.8 cm³/mol. The first-order chi connectivity index (χ1) is 8.79. The van der Waals surface area contributed by atoms with E-state index in [1.165, 1.54) is 45.3 Å². The number of carbonyl (C=O) groups excluding carboxylic acids is 1. The summed E-state index contributed by atoms with van der Waals surface area (Å²) in [5.74, 6) is 1.01. The molecule has 1 unspecified atom stereocenters. The average molecular weight is 326 g/mol. The SMILES string of the molecule is Cl.Cl.NCCCC(=O)N1CCC(CN2CCCCC2)C1. The monoisotopic (exact) mass is 325 g/mol. The van der Waals surface area contributed by atoms with Crippen molar-refractivity contribution in [3.05, 3.63) is 0 Å². The molecule has 0 aliphatic carbocycles. The van der Waals surface area contributed by atoms with Crippen LogP contribution in [0.25, 0.3) is 0 Å². The molecule has 2 aliphatic rings. The van der Waals surface area contributed by atoms with Gasteiger partial charge in [0.1, 0.15) is 0 Å². The maximum absolute atomic E-state index is 11.9. The van der Waals surface area contributed by atoms with E-state index >= 15 is 0 Å². The van der Waals surface area contributed by atoms with Crippen molar-refractivity contribution in [3.8, 4) is 0 Å². The fourth-order valence-electron chi connectivity index (χ4n) is 3.13. The van der Waals surface area contributed by atoms with Crippen molar-refractivity contribution >= 4 is 30.7 Å². The molecule has 2 aliphatic heterocycles. The highest BCUT2D eigenvalue weighted by Gasteiger charge is 2.27. The first-order valence-electron chi connectivity index (χ1n) is 7.50. The number of likely N-dealkylation sites (tertiary alicyclic amines) is 2. The normalized spacial score (nSPS) is 23.1. The summed E-state index contributed by atoms with van der Waals surface area (Å²) in [6.07, 6.45) is 6.74. The van der Waals surface area contributed by atoms with Gasteiger partial charge in [-0.3, -0.25) is 4.79 Å². The molecule has 2 fully saturated rings.